The largest absolute Gasteiger partial charge is 0.494 e. The number of hydrogen-bond acceptors (Lipinski definition) is 18. The van der Waals surface area contributed by atoms with Crippen LogP contribution in [0, 0.1) is 13.8 Å². The van der Waals surface area contributed by atoms with E-state index in [2.05, 4.69) is 30.4 Å². The van der Waals surface area contributed by atoms with Crippen molar-refractivity contribution in [1.29, 1.82) is 0 Å². The average molecular weight is 1080 g/mol. The van der Waals surface area contributed by atoms with Crippen molar-refractivity contribution in [2.45, 2.75) is 61.9 Å². The molecule has 0 radical (unpaired) electrons. The van der Waals surface area contributed by atoms with E-state index >= 15 is 0 Å². The molecule has 396 valence electrons. The summed E-state index contributed by atoms with van der Waals surface area (Å²) in [6.07, 6.45) is 3.90. The number of pyridine rings is 2. The molecule has 10 aromatic rings. The molecular weight excluding hydrogens is 1020 g/mol. The van der Waals surface area contributed by atoms with E-state index in [1.54, 1.807) is 154 Å². The number of hydrogen-bond donors (Lipinski definition) is 2. The Labute approximate surface area is 436 Å². The molecular formula is C52H54N10O12S2. The van der Waals surface area contributed by atoms with Crippen molar-refractivity contribution in [3.63, 3.8) is 0 Å². The minimum atomic E-state index is -3.97. The number of imidazole rings is 2. The molecule has 0 fully saturated rings. The zero-order chi connectivity index (χ0) is 54.1. The molecule has 0 unspecified atom stereocenters. The highest BCUT2D eigenvalue weighted by Crippen LogP contribution is 2.40. The maximum Gasteiger partial charge on any atom is 0.204 e. The van der Waals surface area contributed by atoms with Gasteiger partial charge in [0.25, 0.3) is 0 Å². The van der Waals surface area contributed by atoms with E-state index in [9.17, 15) is 27.0 Å². The molecule has 10 rings (SSSR count). The number of aliphatic hydroxyl groups is 2. The lowest BCUT2D eigenvalue weighted by molar-refractivity contribution is 0.169. The molecule has 0 amide bonds. The van der Waals surface area contributed by atoms with E-state index in [0.29, 0.717) is 80.1 Å². The van der Waals surface area contributed by atoms with Crippen LogP contribution in [0.25, 0.3) is 45.8 Å². The molecule has 8 heterocycles. The SMILES string of the molecule is COc1cccc(OC)c1-n1c(CS(=O)(=O)[C@@H](C)[C@H](O)c2cccc3nccn23)nnc1-c1ccc(C)o1.COc1cccc(OC)c1-n1c(CS(=O)(=O)[C@H](C)[C@@H](O)c2cccc3nccn23)nnc1-c1ccc(C)o1. The van der Waals surface area contributed by atoms with Gasteiger partial charge in [-0.25, -0.2) is 26.8 Å². The van der Waals surface area contributed by atoms with E-state index in [1.165, 1.54) is 42.3 Å². The van der Waals surface area contributed by atoms with E-state index in [1.807, 2.05) is 0 Å². The summed E-state index contributed by atoms with van der Waals surface area (Å²) in [5.41, 5.74) is 2.88. The molecule has 4 atom stereocenters. The zero-order valence-electron chi connectivity index (χ0n) is 42.5. The Hall–Kier alpha value is -8.32. The van der Waals surface area contributed by atoms with Crippen molar-refractivity contribution in [2.75, 3.05) is 28.4 Å². The number of furan rings is 2. The van der Waals surface area contributed by atoms with E-state index in [0.717, 1.165) is 0 Å². The predicted molar refractivity (Wildman–Crippen MR) is 278 cm³/mol. The topological polar surface area (TPSA) is 268 Å². The molecule has 8 aromatic heterocycles. The summed E-state index contributed by atoms with van der Waals surface area (Å²) < 4.78 is 95.1. The first-order valence-electron chi connectivity index (χ1n) is 23.6. The molecule has 22 nitrogen and oxygen atoms in total. The Morgan fingerprint density at radius 3 is 1.20 bits per heavy atom. The fraction of sp³-hybridized carbons (Fsp3) is 0.269. The summed E-state index contributed by atoms with van der Waals surface area (Å²) in [7, 11) is -1.91. The fourth-order valence-electron chi connectivity index (χ4n) is 8.74. The first kappa shape index (κ1) is 52.5. The smallest absolute Gasteiger partial charge is 0.204 e. The van der Waals surface area contributed by atoms with Gasteiger partial charge in [0.05, 0.1) is 50.3 Å². The van der Waals surface area contributed by atoms with Crippen molar-refractivity contribution >= 4 is 31.0 Å². The fourth-order valence-corrected chi connectivity index (χ4v) is 11.4. The highest BCUT2D eigenvalue weighted by molar-refractivity contribution is 7.91. The Bertz CT molecular complexity index is 3620. The predicted octanol–water partition coefficient (Wildman–Crippen LogP) is 7.08. The Balaban J connectivity index is 0.000000186. The monoisotopic (exact) mass is 1070 g/mol. The number of nitrogens with zero attached hydrogens (tertiary/aromatic N) is 10. The molecule has 0 aliphatic heterocycles. The molecule has 24 heteroatoms. The molecule has 2 N–H and O–H groups in total. The second-order valence-electron chi connectivity index (χ2n) is 17.5. The minimum Gasteiger partial charge on any atom is -0.494 e. The standard InChI is InChI=1S/2C26H27N5O6S/c2*1-16-11-12-21(37-16)26-29-28-23(31(26)24-19(35-3)8-6-9-20(24)36-4)15-38(33,34)17(2)25(32)18-7-5-10-22-27-13-14-30(18)22/h2*5-14,17,25,32H,15H2,1-4H3/t2*17-,25-/m10/s1. The number of fused-ring (bicyclic) bond motifs is 2. The normalized spacial score (nSPS) is 13.5. The number of aromatic nitrogens is 10. The van der Waals surface area contributed by atoms with Crippen LogP contribution in [0.4, 0.5) is 0 Å². The van der Waals surface area contributed by atoms with E-state index in [4.69, 9.17) is 27.8 Å². The van der Waals surface area contributed by atoms with Crippen LogP contribution in [0.1, 0.15) is 60.6 Å². The summed E-state index contributed by atoms with van der Waals surface area (Å²) in [5.74, 6) is 3.54. The van der Waals surface area contributed by atoms with Gasteiger partial charge >= 0.3 is 0 Å². The Morgan fingerprint density at radius 2 is 0.868 bits per heavy atom. The number of rotatable bonds is 18. The molecule has 0 saturated heterocycles. The van der Waals surface area contributed by atoms with Crippen molar-refractivity contribution < 1.29 is 54.8 Å². The molecule has 0 aliphatic carbocycles. The minimum absolute atomic E-state index is 0.108. The lowest BCUT2D eigenvalue weighted by atomic mass is 10.2. The van der Waals surface area contributed by atoms with Crippen LogP contribution < -0.4 is 18.9 Å². The second-order valence-corrected chi connectivity index (χ2v) is 22.2. The van der Waals surface area contributed by atoms with Crippen LogP contribution in [0.5, 0.6) is 23.0 Å². The zero-order valence-corrected chi connectivity index (χ0v) is 44.2. The maximum atomic E-state index is 13.7. The van der Waals surface area contributed by atoms with Gasteiger partial charge in [-0.1, -0.05) is 24.3 Å². The third kappa shape index (κ3) is 10.0. The number of benzene rings is 2. The first-order valence-corrected chi connectivity index (χ1v) is 27.0. The van der Waals surface area contributed by atoms with Crippen LogP contribution in [-0.4, -0.2) is 114 Å². The van der Waals surface area contributed by atoms with Crippen molar-refractivity contribution in [3.05, 3.63) is 156 Å². The van der Waals surface area contributed by atoms with E-state index in [-0.39, 0.29) is 23.3 Å². The highest BCUT2D eigenvalue weighted by atomic mass is 32.2. The summed E-state index contributed by atoms with van der Waals surface area (Å²) in [5, 5.41) is 36.9. The van der Waals surface area contributed by atoms with Gasteiger partial charge in [-0.15, -0.1) is 20.4 Å². The van der Waals surface area contributed by atoms with Gasteiger partial charge in [-0.3, -0.25) is 9.13 Å². The van der Waals surface area contributed by atoms with Gasteiger partial charge in [0.1, 0.15) is 80.9 Å². The molecule has 0 spiro atoms. The van der Waals surface area contributed by atoms with Gasteiger partial charge in [0, 0.05) is 24.8 Å². The van der Waals surface area contributed by atoms with Gasteiger partial charge in [-0.2, -0.15) is 0 Å². The van der Waals surface area contributed by atoms with Crippen molar-refractivity contribution in [1.82, 2.24) is 48.3 Å². The second kappa shape index (κ2) is 21.5. The van der Waals surface area contributed by atoms with Crippen LogP contribution in [0.2, 0.25) is 0 Å². The van der Waals surface area contributed by atoms with E-state index < -0.39 is 53.9 Å². The number of sulfone groups is 2. The Kier molecular flexibility index (Phi) is 14.9. The average Bonchev–Trinajstić information content (AvgIpc) is 4.32. The van der Waals surface area contributed by atoms with Crippen LogP contribution in [0.3, 0.4) is 0 Å². The molecule has 2 aromatic carbocycles. The van der Waals surface area contributed by atoms with Crippen molar-refractivity contribution in [3.8, 4) is 57.5 Å². The number of aryl methyl sites for hydroxylation is 2. The Morgan fingerprint density at radius 1 is 0.513 bits per heavy atom. The third-order valence-corrected chi connectivity index (χ3v) is 16.9. The van der Waals surface area contributed by atoms with Gasteiger partial charge < -0.3 is 46.8 Å². The van der Waals surface area contributed by atoms with Gasteiger partial charge in [0.15, 0.2) is 42.8 Å². The van der Waals surface area contributed by atoms with Crippen LogP contribution in [-0.2, 0) is 31.2 Å². The third-order valence-electron chi connectivity index (χ3n) is 12.8. The lowest BCUT2D eigenvalue weighted by Gasteiger charge is -2.21. The lowest BCUT2D eigenvalue weighted by Crippen LogP contribution is -2.29. The molecule has 76 heavy (non-hydrogen) atoms. The molecule has 0 bridgehead atoms. The molecule has 0 aliphatic rings. The van der Waals surface area contributed by atoms with Gasteiger partial charge in [0.2, 0.25) is 11.6 Å². The quantitative estimate of drug-likeness (QED) is 0.0869. The summed E-state index contributed by atoms with van der Waals surface area (Å²) in [4.78, 5) is 8.42. The summed E-state index contributed by atoms with van der Waals surface area (Å²) in [6, 6.07) is 27.8. The number of para-hydroxylation sites is 2. The maximum absolute atomic E-state index is 13.7. The van der Waals surface area contributed by atoms with Crippen LogP contribution in [0.15, 0.2) is 131 Å². The van der Waals surface area contributed by atoms with Crippen molar-refractivity contribution in [2.24, 2.45) is 0 Å². The highest BCUT2D eigenvalue weighted by Gasteiger charge is 2.36. The number of ether oxygens (including phenoxy) is 4. The number of methoxy groups -OCH3 is 4. The number of aliphatic hydroxyl groups excluding tert-OH is 2. The molecule has 0 saturated carbocycles. The van der Waals surface area contributed by atoms with Crippen LogP contribution >= 0.6 is 0 Å². The summed E-state index contributed by atoms with van der Waals surface area (Å²) in [6.45, 7) is 6.53. The van der Waals surface area contributed by atoms with Gasteiger partial charge in [-0.05, 0) is 100 Å². The first-order chi connectivity index (χ1) is 36.5. The summed E-state index contributed by atoms with van der Waals surface area (Å²) >= 11 is 0.